The maximum absolute atomic E-state index is 4.37. The molecule has 2 aromatic rings. The Hall–Kier alpha value is -1.90. The summed E-state index contributed by atoms with van der Waals surface area (Å²) < 4.78 is 0. The average Bonchev–Trinajstić information content (AvgIpc) is 2.74. The van der Waals surface area contributed by atoms with E-state index < -0.39 is 0 Å². The van der Waals surface area contributed by atoms with Crippen LogP contribution >= 0.6 is 0 Å². The second-order valence-corrected chi connectivity index (χ2v) is 3.59. The van der Waals surface area contributed by atoms with Gasteiger partial charge in [-0.1, -0.05) is 6.07 Å². The fraction of sp³-hybridized carbons (Fsp3) is 0.167. The molecule has 74 valence electrons. The molecule has 3 heteroatoms. The zero-order valence-electron chi connectivity index (χ0n) is 8.30. The number of hydrogen-bond acceptors (Lipinski definition) is 3. The van der Waals surface area contributed by atoms with Crippen LogP contribution in [-0.4, -0.2) is 16.5 Å². The van der Waals surface area contributed by atoms with Crippen LogP contribution in [0.5, 0.6) is 0 Å². The minimum absolute atomic E-state index is 0.998. The Bertz CT molecular complexity index is 467. The normalized spacial score (nSPS) is 14.0. The van der Waals surface area contributed by atoms with Crippen molar-refractivity contribution in [3.8, 4) is 0 Å². The largest absolute Gasteiger partial charge is 0.326 e. The third kappa shape index (κ3) is 1.36. The van der Waals surface area contributed by atoms with E-state index in [4.69, 9.17) is 0 Å². The second-order valence-electron chi connectivity index (χ2n) is 3.59. The van der Waals surface area contributed by atoms with Crippen molar-refractivity contribution in [3.63, 3.8) is 0 Å². The Balaban J connectivity index is 2.05. The van der Waals surface area contributed by atoms with Crippen molar-refractivity contribution in [2.45, 2.75) is 6.42 Å². The van der Waals surface area contributed by atoms with E-state index in [-0.39, 0.29) is 0 Å². The smallest absolute Gasteiger partial charge is 0.132 e. The fourth-order valence-electron chi connectivity index (χ4n) is 1.98. The van der Waals surface area contributed by atoms with Gasteiger partial charge in [0, 0.05) is 30.8 Å². The number of anilines is 2. The van der Waals surface area contributed by atoms with Crippen molar-refractivity contribution in [1.29, 1.82) is 0 Å². The summed E-state index contributed by atoms with van der Waals surface area (Å²) in [7, 11) is 0. The van der Waals surface area contributed by atoms with Crippen LogP contribution in [0.25, 0.3) is 0 Å². The van der Waals surface area contributed by atoms with E-state index in [1.54, 1.807) is 0 Å². The van der Waals surface area contributed by atoms with Crippen molar-refractivity contribution in [1.82, 2.24) is 9.97 Å². The summed E-state index contributed by atoms with van der Waals surface area (Å²) in [5, 5.41) is 0. The molecule has 0 aromatic carbocycles. The summed E-state index contributed by atoms with van der Waals surface area (Å²) in [6, 6.07) is 8.04. The van der Waals surface area contributed by atoms with Crippen LogP contribution in [0.15, 0.2) is 42.9 Å². The molecular weight excluding hydrogens is 186 g/mol. The number of nitrogens with zero attached hydrogens (tertiary/aromatic N) is 3. The van der Waals surface area contributed by atoms with Gasteiger partial charge in [-0.2, -0.15) is 0 Å². The molecular formula is C12H11N3. The summed E-state index contributed by atoms with van der Waals surface area (Å²) >= 11 is 0. The Morgan fingerprint density at radius 2 is 2.13 bits per heavy atom. The molecule has 0 N–H and O–H groups in total. The van der Waals surface area contributed by atoms with Crippen LogP contribution in [0.2, 0.25) is 0 Å². The first-order valence-corrected chi connectivity index (χ1v) is 5.06. The molecule has 0 spiro atoms. The van der Waals surface area contributed by atoms with Crippen molar-refractivity contribution in [2.24, 2.45) is 0 Å². The molecule has 0 unspecified atom stereocenters. The van der Waals surface area contributed by atoms with Gasteiger partial charge in [-0.3, -0.25) is 4.98 Å². The van der Waals surface area contributed by atoms with Crippen LogP contribution in [0, 0.1) is 0 Å². The second kappa shape index (κ2) is 3.35. The van der Waals surface area contributed by atoms with E-state index in [0.717, 1.165) is 18.8 Å². The monoisotopic (exact) mass is 197 g/mol. The van der Waals surface area contributed by atoms with E-state index in [1.807, 2.05) is 36.8 Å². The molecule has 1 aliphatic rings. The van der Waals surface area contributed by atoms with Gasteiger partial charge >= 0.3 is 0 Å². The molecule has 1 aliphatic heterocycles. The molecule has 0 amide bonds. The lowest BCUT2D eigenvalue weighted by Crippen LogP contribution is -2.14. The highest BCUT2D eigenvalue weighted by Gasteiger charge is 2.20. The molecule has 2 aromatic heterocycles. The molecule has 0 fully saturated rings. The van der Waals surface area contributed by atoms with Crippen LogP contribution in [0.3, 0.4) is 0 Å². The highest BCUT2D eigenvalue weighted by atomic mass is 15.2. The number of fused-ring (bicyclic) bond motifs is 1. The van der Waals surface area contributed by atoms with E-state index in [1.165, 1.54) is 11.3 Å². The van der Waals surface area contributed by atoms with E-state index in [0.29, 0.717) is 0 Å². The van der Waals surface area contributed by atoms with Gasteiger partial charge < -0.3 is 4.90 Å². The molecule has 3 heterocycles. The fourth-order valence-corrected chi connectivity index (χ4v) is 1.98. The van der Waals surface area contributed by atoms with Gasteiger partial charge in [0.05, 0.1) is 0 Å². The first-order valence-electron chi connectivity index (χ1n) is 5.06. The molecule has 0 saturated carbocycles. The summed E-state index contributed by atoms with van der Waals surface area (Å²) in [6.45, 7) is 0.998. The minimum atomic E-state index is 0.998. The molecule has 3 rings (SSSR count). The molecule has 0 atom stereocenters. The van der Waals surface area contributed by atoms with Gasteiger partial charge in [0.15, 0.2) is 0 Å². The van der Waals surface area contributed by atoms with Gasteiger partial charge in [-0.05, 0) is 30.2 Å². The number of aromatic nitrogens is 2. The average molecular weight is 197 g/mol. The van der Waals surface area contributed by atoms with Gasteiger partial charge in [-0.15, -0.1) is 0 Å². The predicted octanol–water partition coefficient (Wildman–Crippen LogP) is 2.17. The Morgan fingerprint density at radius 3 is 3.00 bits per heavy atom. The summed E-state index contributed by atoms with van der Waals surface area (Å²) in [6.07, 6.45) is 6.66. The van der Waals surface area contributed by atoms with Gasteiger partial charge in [-0.25, -0.2) is 4.98 Å². The Kier molecular flexibility index (Phi) is 1.88. The van der Waals surface area contributed by atoms with Crippen molar-refractivity contribution in [2.75, 3.05) is 11.4 Å². The Morgan fingerprint density at radius 1 is 1.13 bits per heavy atom. The number of rotatable bonds is 1. The summed E-state index contributed by atoms with van der Waals surface area (Å²) in [4.78, 5) is 10.7. The molecule has 0 saturated heterocycles. The highest BCUT2D eigenvalue weighted by Crippen LogP contribution is 2.31. The molecule has 3 nitrogen and oxygen atoms in total. The first-order chi connectivity index (χ1) is 7.45. The quantitative estimate of drug-likeness (QED) is 0.701. The van der Waals surface area contributed by atoms with Gasteiger partial charge in [0.25, 0.3) is 0 Å². The van der Waals surface area contributed by atoms with Gasteiger partial charge in [0.1, 0.15) is 5.82 Å². The maximum Gasteiger partial charge on any atom is 0.132 e. The maximum atomic E-state index is 4.37. The zero-order chi connectivity index (χ0) is 10.1. The zero-order valence-corrected chi connectivity index (χ0v) is 8.30. The summed E-state index contributed by atoms with van der Waals surface area (Å²) in [5.41, 5.74) is 2.55. The van der Waals surface area contributed by atoms with Crippen molar-refractivity contribution < 1.29 is 0 Å². The van der Waals surface area contributed by atoms with Crippen LogP contribution in [0.1, 0.15) is 5.56 Å². The van der Waals surface area contributed by atoms with Gasteiger partial charge in [0.2, 0.25) is 0 Å². The van der Waals surface area contributed by atoms with Crippen molar-refractivity contribution >= 4 is 11.5 Å². The predicted molar refractivity (Wildman–Crippen MR) is 59.2 cm³/mol. The van der Waals surface area contributed by atoms with Crippen LogP contribution < -0.4 is 4.90 Å². The van der Waals surface area contributed by atoms with E-state index in [9.17, 15) is 0 Å². The number of pyridine rings is 2. The lowest BCUT2D eigenvalue weighted by Gasteiger charge is -2.17. The molecule has 15 heavy (non-hydrogen) atoms. The first kappa shape index (κ1) is 8.41. The molecule has 0 bridgehead atoms. The molecule has 0 aliphatic carbocycles. The standard InChI is InChI=1S/C12H11N3/c1-2-6-14-12(3-1)15-8-5-10-9-13-7-4-11(10)15/h1-4,6-7,9H,5,8H2. The third-order valence-corrected chi connectivity index (χ3v) is 2.70. The van der Waals surface area contributed by atoms with E-state index in [2.05, 4.69) is 20.9 Å². The highest BCUT2D eigenvalue weighted by molar-refractivity contribution is 5.66. The third-order valence-electron chi connectivity index (χ3n) is 2.70. The lowest BCUT2D eigenvalue weighted by atomic mass is 10.2. The van der Waals surface area contributed by atoms with Crippen LogP contribution in [-0.2, 0) is 6.42 Å². The Labute approximate surface area is 88.4 Å². The topological polar surface area (TPSA) is 29.0 Å². The SMILES string of the molecule is c1ccc(N2CCc3cnccc32)nc1. The lowest BCUT2D eigenvalue weighted by molar-refractivity contribution is 0.973. The molecule has 0 radical (unpaired) electrons. The van der Waals surface area contributed by atoms with Crippen molar-refractivity contribution in [3.05, 3.63) is 48.4 Å². The minimum Gasteiger partial charge on any atom is -0.326 e. The summed E-state index contributed by atoms with van der Waals surface area (Å²) in [5.74, 6) is 1.02. The number of hydrogen-bond donors (Lipinski definition) is 0. The van der Waals surface area contributed by atoms with Crippen LogP contribution in [0.4, 0.5) is 11.5 Å². The van der Waals surface area contributed by atoms with E-state index >= 15 is 0 Å².